The molecule has 3 fully saturated rings. The molecule has 0 saturated carbocycles. The smallest absolute Gasteiger partial charge is 0.217 e. The van der Waals surface area contributed by atoms with Crippen LogP contribution < -0.4 is 10.6 Å². The van der Waals surface area contributed by atoms with Crippen molar-refractivity contribution in [3.63, 3.8) is 0 Å². The zero-order valence-electron chi connectivity index (χ0n) is 21.7. The standard InChI is InChI=1S/C22H38N2O16/c1-6(27)23-11-13(29)8(3-25)38-21(16(11)32)36-5-10-15(31)19(12(20(35)37-10)24-7(2)28)40-22-18(34)17(33)14(30)9(4-26)39-22/h8-22,25-26,29-35H,3-5H2,1-2H3,(H,23,27)(H,24,28). The largest absolute Gasteiger partial charge is 0.394 e. The first-order valence-corrected chi connectivity index (χ1v) is 12.6. The van der Waals surface area contributed by atoms with E-state index in [2.05, 4.69) is 10.6 Å². The molecule has 18 nitrogen and oxygen atoms in total. The van der Waals surface area contributed by atoms with Crippen molar-refractivity contribution in [2.45, 2.75) is 106 Å². The highest BCUT2D eigenvalue weighted by molar-refractivity contribution is 5.73. The summed E-state index contributed by atoms with van der Waals surface area (Å²) in [6.07, 6.45) is -21.0. The zero-order chi connectivity index (χ0) is 29.9. The van der Waals surface area contributed by atoms with Crippen molar-refractivity contribution in [3.8, 4) is 0 Å². The SMILES string of the molecule is CC(=O)NC1C(O)C(CO)OC(OCC2OC(O)C(NC(C)=O)C(OC3OC(CO)C(O)C(O)C3O)C2O)C1O. The molecule has 232 valence electrons. The Kier molecular flexibility index (Phi) is 11.5. The monoisotopic (exact) mass is 586 g/mol. The third-order valence-electron chi connectivity index (χ3n) is 6.88. The van der Waals surface area contributed by atoms with Gasteiger partial charge in [-0.1, -0.05) is 0 Å². The minimum Gasteiger partial charge on any atom is -0.394 e. The second kappa shape index (κ2) is 14.0. The molecule has 18 heteroatoms. The Labute approximate surface area is 228 Å². The first kappa shape index (κ1) is 32.9. The van der Waals surface area contributed by atoms with Gasteiger partial charge in [0.15, 0.2) is 18.9 Å². The minimum atomic E-state index is -1.86. The van der Waals surface area contributed by atoms with Gasteiger partial charge < -0.3 is 80.3 Å². The summed E-state index contributed by atoms with van der Waals surface area (Å²) in [6.45, 7) is 0.189. The molecular formula is C22H38N2O16. The summed E-state index contributed by atoms with van der Waals surface area (Å²) in [5.41, 5.74) is 0. The maximum atomic E-state index is 11.8. The maximum Gasteiger partial charge on any atom is 0.217 e. The van der Waals surface area contributed by atoms with Crippen LogP contribution in [0.15, 0.2) is 0 Å². The van der Waals surface area contributed by atoms with E-state index in [1.807, 2.05) is 0 Å². The predicted molar refractivity (Wildman–Crippen MR) is 124 cm³/mol. The molecule has 11 N–H and O–H groups in total. The van der Waals surface area contributed by atoms with Crippen molar-refractivity contribution in [2.24, 2.45) is 0 Å². The number of aliphatic hydroxyl groups excluding tert-OH is 9. The number of carbonyl (C=O) groups is 2. The first-order chi connectivity index (χ1) is 18.8. The summed E-state index contributed by atoms with van der Waals surface area (Å²) in [4.78, 5) is 23.3. The van der Waals surface area contributed by atoms with Gasteiger partial charge in [0.1, 0.15) is 67.1 Å². The fraction of sp³-hybridized carbons (Fsp3) is 0.909. The van der Waals surface area contributed by atoms with Gasteiger partial charge in [0.05, 0.1) is 25.9 Å². The van der Waals surface area contributed by atoms with E-state index < -0.39 is 124 Å². The number of carbonyl (C=O) groups excluding carboxylic acids is 2. The number of hydrogen-bond acceptors (Lipinski definition) is 16. The van der Waals surface area contributed by atoms with Crippen LogP contribution in [-0.4, -0.2) is 170 Å². The molecular weight excluding hydrogens is 548 g/mol. The van der Waals surface area contributed by atoms with Gasteiger partial charge in [-0.3, -0.25) is 9.59 Å². The Bertz CT molecular complexity index is 852. The third-order valence-corrected chi connectivity index (χ3v) is 6.88. The van der Waals surface area contributed by atoms with E-state index in [1.165, 1.54) is 0 Å². The fourth-order valence-corrected chi connectivity index (χ4v) is 4.78. The molecule has 3 saturated heterocycles. The van der Waals surface area contributed by atoms with Gasteiger partial charge >= 0.3 is 0 Å². The lowest BCUT2D eigenvalue weighted by atomic mass is 9.95. The van der Waals surface area contributed by atoms with Crippen LogP contribution >= 0.6 is 0 Å². The van der Waals surface area contributed by atoms with Crippen LogP contribution in [0.1, 0.15) is 13.8 Å². The van der Waals surface area contributed by atoms with Gasteiger partial charge in [-0.25, -0.2) is 0 Å². The summed E-state index contributed by atoms with van der Waals surface area (Å²) in [5.74, 6) is -1.25. The van der Waals surface area contributed by atoms with Crippen molar-refractivity contribution in [2.75, 3.05) is 19.8 Å². The molecule has 3 heterocycles. The molecule has 0 spiro atoms. The Balaban J connectivity index is 1.76. The second-order valence-electron chi connectivity index (χ2n) is 9.85. The Morgan fingerprint density at radius 3 is 1.77 bits per heavy atom. The van der Waals surface area contributed by atoms with Gasteiger partial charge in [-0.2, -0.15) is 0 Å². The van der Waals surface area contributed by atoms with Crippen LogP contribution in [0.25, 0.3) is 0 Å². The molecule has 15 atom stereocenters. The Morgan fingerprint density at radius 1 is 0.650 bits per heavy atom. The van der Waals surface area contributed by atoms with Crippen LogP contribution in [0, 0.1) is 0 Å². The van der Waals surface area contributed by atoms with E-state index in [0.717, 1.165) is 13.8 Å². The van der Waals surface area contributed by atoms with E-state index in [9.17, 15) is 55.5 Å². The molecule has 3 rings (SSSR count). The average Bonchev–Trinajstić information content (AvgIpc) is 2.90. The summed E-state index contributed by atoms with van der Waals surface area (Å²) in [6, 6.07) is -2.73. The molecule has 3 aliphatic rings. The fourth-order valence-electron chi connectivity index (χ4n) is 4.78. The molecule has 0 aromatic rings. The number of aliphatic hydroxyl groups is 9. The highest BCUT2D eigenvalue weighted by atomic mass is 16.7. The molecule has 0 radical (unpaired) electrons. The van der Waals surface area contributed by atoms with E-state index in [1.54, 1.807) is 0 Å². The summed E-state index contributed by atoms with van der Waals surface area (Å²) in [7, 11) is 0. The molecule has 0 aliphatic carbocycles. The number of ether oxygens (including phenoxy) is 5. The first-order valence-electron chi connectivity index (χ1n) is 12.6. The number of rotatable bonds is 9. The molecule has 3 aliphatic heterocycles. The van der Waals surface area contributed by atoms with Crippen molar-refractivity contribution < 1.29 is 79.2 Å². The second-order valence-corrected chi connectivity index (χ2v) is 9.85. The van der Waals surface area contributed by atoms with Crippen molar-refractivity contribution in [1.82, 2.24) is 10.6 Å². The minimum absolute atomic E-state index is 0.591. The lowest BCUT2D eigenvalue weighted by Gasteiger charge is -2.47. The van der Waals surface area contributed by atoms with Crippen molar-refractivity contribution >= 4 is 11.8 Å². The normalized spacial score (nSPS) is 46.0. The van der Waals surface area contributed by atoms with Gasteiger partial charge in [-0.15, -0.1) is 0 Å². The molecule has 0 aromatic carbocycles. The molecule has 0 bridgehead atoms. The number of amides is 2. The van der Waals surface area contributed by atoms with Gasteiger partial charge in [0.25, 0.3) is 0 Å². The summed E-state index contributed by atoms with van der Waals surface area (Å²) < 4.78 is 27.2. The Hall–Kier alpha value is -1.62. The summed E-state index contributed by atoms with van der Waals surface area (Å²) in [5, 5.41) is 96.6. The number of hydrogen-bond donors (Lipinski definition) is 11. The highest BCUT2D eigenvalue weighted by Crippen LogP contribution is 2.30. The quantitative estimate of drug-likeness (QED) is 0.120. The van der Waals surface area contributed by atoms with Gasteiger partial charge in [0, 0.05) is 13.8 Å². The zero-order valence-corrected chi connectivity index (χ0v) is 21.7. The topological polar surface area (TPSA) is 286 Å². The average molecular weight is 587 g/mol. The lowest BCUT2D eigenvalue weighted by molar-refractivity contribution is -0.346. The Morgan fingerprint density at radius 2 is 1.20 bits per heavy atom. The van der Waals surface area contributed by atoms with E-state index >= 15 is 0 Å². The van der Waals surface area contributed by atoms with E-state index in [0.29, 0.717) is 0 Å². The highest BCUT2D eigenvalue weighted by Gasteiger charge is 2.52. The molecule has 40 heavy (non-hydrogen) atoms. The van der Waals surface area contributed by atoms with Crippen molar-refractivity contribution in [1.29, 1.82) is 0 Å². The van der Waals surface area contributed by atoms with Crippen LogP contribution in [0.4, 0.5) is 0 Å². The molecule has 0 aromatic heterocycles. The summed E-state index contributed by atoms with van der Waals surface area (Å²) >= 11 is 0. The van der Waals surface area contributed by atoms with Crippen LogP contribution in [-0.2, 0) is 33.3 Å². The van der Waals surface area contributed by atoms with E-state index in [4.69, 9.17) is 23.7 Å². The van der Waals surface area contributed by atoms with Gasteiger partial charge in [-0.05, 0) is 0 Å². The van der Waals surface area contributed by atoms with Crippen molar-refractivity contribution in [3.05, 3.63) is 0 Å². The number of nitrogens with one attached hydrogen (secondary N) is 2. The van der Waals surface area contributed by atoms with Crippen LogP contribution in [0.3, 0.4) is 0 Å². The molecule has 2 amide bonds. The van der Waals surface area contributed by atoms with Crippen LogP contribution in [0.5, 0.6) is 0 Å². The molecule has 15 unspecified atom stereocenters. The predicted octanol–water partition coefficient (Wildman–Crippen LogP) is -7.29. The van der Waals surface area contributed by atoms with E-state index in [-0.39, 0.29) is 0 Å². The lowest BCUT2D eigenvalue weighted by Crippen LogP contribution is -2.68. The van der Waals surface area contributed by atoms with Gasteiger partial charge in [0.2, 0.25) is 11.8 Å². The maximum absolute atomic E-state index is 11.8. The van der Waals surface area contributed by atoms with Crippen LogP contribution in [0.2, 0.25) is 0 Å². The third kappa shape index (κ3) is 7.23.